The lowest BCUT2D eigenvalue weighted by atomic mass is 10.1. The Bertz CT molecular complexity index is 1240. The maximum atomic E-state index is 5.81. The Balaban J connectivity index is 0.000000232. The standard InChI is InChI=1S/C21H28N2O3.C11H10O/c1-24-21-5-2-4-18(16-21)17-25-14-3-15-26-20-8-6-19(7-9-20)23-12-10-22-11-13-23;1-12-11-7-6-9-4-2-3-5-10(9)8-11/h2,4-9,16,22H,3,10-15,17H2,1H3;2-8H,1H3. The predicted molar refractivity (Wildman–Crippen MR) is 155 cm³/mol. The van der Waals surface area contributed by atoms with Crippen molar-refractivity contribution in [2.45, 2.75) is 13.0 Å². The van der Waals surface area contributed by atoms with Crippen molar-refractivity contribution in [1.29, 1.82) is 0 Å². The molecule has 0 amide bonds. The molecule has 0 aromatic heterocycles. The lowest BCUT2D eigenvalue weighted by Crippen LogP contribution is -2.43. The van der Waals surface area contributed by atoms with E-state index < -0.39 is 0 Å². The molecular weight excluding hydrogens is 476 g/mol. The third-order valence-corrected chi connectivity index (χ3v) is 6.38. The minimum atomic E-state index is 0.594. The lowest BCUT2D eigenvalue weighted by Gasteiger charge is -2.29. The molecule has 1 aliphatic heterocycles. The van der Waals surface area contributed by atoms with E-state index in [9.17, 15) is 0 Å². The zero-order valence-electron chi connectivity index (χ0n) is 22.4. The lowest BCUT2D eigenvalue weighted by molar-refractivity contribution is 0.107. The van der Waals surface area contributed by atoms with Crippen molar-refractivity contribution in [2.75, 3.05) is 58.5 Å². The molecule has 0 saturated carbocycles. The summed E-state index contributed by atoms with van der Waals surface area (Å²) in [6.45, 7) is 6.15. The van der Waals surface area contributed by atoms with E-state index >= 15 is 0 Å². The number of methoxy groups -OCH3 is 2. The SMILES string of the molecule is COc1ccc2ccccc2c1.COc1cccc(COCCCOc2ccc(N3CCNCC3)cc2)c1. The molecule has 1 N–H and O–H groups in total. The van der Waals surface area contributed by atoms with Gasteiger partial charge < -0.3 is 29.2 Å². The first-order valence-electron chi connectivity index (χ1n) is 13.2. The number of piperazine rings is 1. The van der Waals surface area contributed by atoms with Gasteiger partial charge in [0.25, 0.3) is 0 Å². The van der Waals surface area contributed by atoms with E-state index in [2.05, 4.69) is 52.7 Å². The van der Waals surface area contributed by atoms with Crippen LogP contribution in [-0.2, 0) is 11.3 Å². The summed E-state index contributed by atoms with van der Waals surface area (Å²) in [6, 6.07) is 30.6. The third-order valence-electron chi connectivity index (χ3n) is 6.38. The van der Waals surface area contributed by atoms with Crippen LogP contribution < -0.4 is 24.4 Å². The van der Waals surface area contributed by atoms with Crippen LogP contribution in [0.5, 0.6) is 17.2 Å². The van der Waals surface area contributed by atoms with E-state index in [1.165, 1.54) is 16.5 Å². The van der Waals surface area contributed by atoms with E-state index in [0.717, 1.165) is 55.4 Å². The van der Waals surface area contributed by atoms with E-state index in [4.69, 9.17) is 18.9 Å². The first-order chi connectivity index (χ1) is 18.7. The van der Waals surface area contributed by atoms with E-state index in [1.807, 2.05) is 48.5 Å². The minimum Gasteiger partial charge on any atom is -0.497 e. The van der Waals surface area contributed by atoms with Crippen molar-refractivity contribution in [3.05, 3.63) is 96.6 Å². The van der Waals surface area contributed by atoms with E-state index in [-0.39, 0.29) is 0 Å². The van der Waals surface area contributed by atoms with E-state index in [1.54, 1.807) is 14.2 Å². The number of nitrogens with zero attached hydrogens (tertiary/aromatic N) is 1. The summed E-state index contributed by atoms with van der Waals surface area (Å²) in [5.74, 6) is 2.68. The van der Waals surface area contributed by atoms with Gasteiger partial charge in [-0.1, -0.05) is 42.5 Å². The summed E-state index contributed by atoms with van der Waals surface area (Å²) in [4.78, 5) is 2.40. The molecule has 4 aromatic carbocycles. The minimum absolute atomic E-state index is 0.594. The van der Waals surface area contributed by atoms with Gasteiger partial charge in [0.05, 0.1) is 34.0 Å². The third kappa shape index (κ3) is 8.40. The second-order valence-corrected chi connectivity index (χ2v) is 9.05. The fourth-order valence-electron chi connectivity index (χ4n) is 4.27. The van der Waals surface area contributed by atoms with Gasteiger partial charge in [-0.3, -0.25) is 0 Å². The molecule has 0 radical (unpaired) electrons. The number of hydrogen-bond acceptors (Lipinski definition) is 6. The van der Waals surface area contributed by atoms with Gasteiger partial charge in [-0.2, -0.15) is 0 Å². The maximum Gasteiger partial charge on any atom is 0.119 e. The predicted octanol–water partition coefficient (Wildman–Crippen LogP) is 5.94. The van der Waals surface area contributed by atoms with Crippen LogP contribution in [0.2, 0.25) is 0 Å². The van der Waals surface area contributed by atoms with Crippen LogP contribution in [0, 0.1) is 0 Å². The van der Waals surface area contributed by atoms with Gasteiger partial charge in [-0.25, -0.2) is 0 Å². The quantitative estimate of drug-likeness (QED) is 0.265. The average molecular weight is 515 g/mol. The Morgan fingerprint density at radius 1 is 0.684 bits per heavy atom. The number of nitrogens with one attached hydrogen (secondary N) is 1. The highest BCUT2D eigenvalue weighted by Gasteiger charge is 2.10. The van der Waals surface area contributed by atoms with E-state index in [0.29, 0.717) is 19.8 Å². The number of hydrogen-bond donors (Lipinski definition) is 1. The molecule has 5 rings (SSSR count). The van der Waals surface area contributed by atoms with Crippen molar-refractivity contribution < 1.29 is 18.9 Å². The van der Waals surface area contributed by atoms with Crippen molar-refractivity contribution in [2.24, 2.45) is 0 Å². The first-order valence-corrected chi connectivity index (χ1v) is 13.2. The molecule has 4 aromatic rings. The van der Waals surface area contributed by atoms with Crippen LogP contribution in [-0.4, -0.2) is 53.6 Å². The number of fused-ring (bicyclic) bond motifs is 1. The number of rotatable bonds is 10. The molecule has 1 fully saturated rings. The maximum absolute atomic E-state index is 5.81. The van der Waals surface area contributed by atoms with Gasteiger partial charge in [-0.15, -0.1) is 0 Å². The molecule has 0 atom stereocenters. The summed E-state index contributed by atoms with van der Waals surface area (Å²) in [7, 11) is 3.36. The zero-order chi connectivity index (χ0) is 26.4. The number of benzene rings is 4. The van der Waals surface area contributed by atoms with Crippen molar-refractivity contribution in [3.63, 3.8) is 0 Å². The summed E-state index contributed by atoms with van der Waals surface area (Å²) in [5.41, 5.74) is 2.38. The zero-order valence-corrected chi connectivity index (χ0v) is 22.4. The Hall–Kier alpha value is -3.74. The molecule has 38 heavy (non-hydrogen) atoms. The van der Waals surface area contributed by atoms with Crippen molar-refractivity contribution in [3.8, 4) is 17.2 Å². The summed E-state index contributed by atoms with van der Waals surface area (Å²) in [5, 5.41) is 5.84. The van der Waals surface area contributed by atoms with Crippen molar-refractivity contribution >= 4 is 16.5 Å². The molecule has 0 bridgehead atoms. The Morgan fingerprint density at radius 3 is 2.16 bits per heavy atom. The summed E-state index contributed by atoms with van der Waals surface area (Å²) >= 11 is 0. The Kier molecular flexibility index (Phi) is 10.7. The molecule has 1 saturated heterocycles. The van der Waals surface area contributed by atoms with Gasteiger partial charge in [0.15, 0.2) is 0 Å². The highest BCUT2D eigenvalue weighted by Crippen LogP contribution is 2.21. The fraction of sp³-hybridized carbons (Fsp3) is 0.312. The highest BCUT2D eigenvalue weighted by atomic mass is 16.5. The molecule has 0 unspecified atom stereocenters. The van der Waals surface area contributed by atoms with Gasteiger partial charge in [0.1, 0.15) is 17.2 Å². The summed E-state index contributed by atoms with van der Waals surface area (Å²) < 4.78 is 21.9. The van der Waals surface area contributed by atoms with Crippen LogP contribution in [0.25, 0.3) is 10.8 Å². The van der Waals surface area contributed by atoms with Crippen LogP contribution in [0.4, 0.5) is 5.69 Å². The Labute approximate surface area is 226 Å². The number of anilines is 1. The normalized spacial score (nSPS) is 12.9. The second-order valence-electron chi connectivity index (χ2n) is 9.05. The second kappa shape index (κ2) is 14.9. The molecule has 6 nitrogen and oxygen atoms in total. The molecular formula is C32H38N2O4. The van der Waals surface area contributed by atoms with Crippen LogP contribution >= 0.6 is 0 Å². The Morgan fingerprint density at radius 2 is 1.39 bits per heavy atom. The molecule has 1 aliphatic rings. The van der Waals surface area contributed by atoms with Crippen molar-refractivity contribution in [1.82, 2.24) is 5.32 Å². The number of ether oxygens (including phenoxy) is 4. The molecule has 1 heterocycles. The smallest absolute Gasteiger partial charge is 0.119 e. The highest BCUT2D eigenvalue weighted by molar-refractivity contribution is 5.83. The summed E-state index contributed by atoms with van der Waals surface area (Å²) in [6.07, 6.45) is 0.865. The van der Waals surface area contributed by atoms with Crippen LogP contribution in [0.15, 0.2) is 91.0 Å². The molecule has 6 heteroatoms. The molecule has 200 valence electrons. The first kappa shape index (κ1) is 27.3. The molecule has 0 spiro atoms. The fourth-order valence-corrected chi connectivity index (χ4v) is 4.27. The molecule has 0 aliphatic carbocycles. The van der Waals surface area contributed by atoms with Crippen LogP contribution in [0.1, 0.15) is 12.0 Å². The van der Waals surface area contributed by atoms with Gasteiger partial charge in [-0.05, 0) is 64.9 Å². The van der Waals surface area contributed by atoms with Gasteiger partial charge >= 0.3 is 0 Å². The monoisotopic (exact) mass is 514 g/mol. The van der Waals surface area contributed by atoms with Gasteiger partial charge in [0, 0.05) is 38.3 Å². The topological polar surface area (TPSA) is 52.2 Å². The van der Waals surface area contributed by atoms with Crippen LogP contribution in [0.3, 0.4) is 0 Å². The average Bonchev–Trinajstić information content (AvgIpc) is 3.00. The largest absolute Gasteiger partial charge is 0.497 e. The van der Waals surface area contributed by atoms with Gasteiger partial charge in [0.2, 0.25) is 0 Å².